The van der Waals surface area contributed by atoms with Gasteiger partial charge in [0.2, 0.25) is 0 Å². The molecule has 0 unspecified atom stereocenters. The quantitative estimate of drug-likeness (QED) is 0.446. The normalized spacial score (nSPS) is 11.5. The molecule has 0 aliphatic rings. The largest absolute Gasteiger partial charge is 0.338 e. The summed E-state index contributed by atoms with van der Waals surface area (Å²) in [7, 11) is 1.84. The molecular formula is C25H20FN3O2. The summed E-state index contributed by atoms with van der Waals surface area (Å²) in [5.74, 6) is -0.337. The number of rotatable bonds is 3. The number of fused-ring (bicyclic) bond motifs is 3. The molecule has 0 spiro atoms. The Morgan fingerprint density at radius 1 is 0.871 bits per heavy atom. The molecule has 6 heteroatoms. The van der Waals surface area contributed by atoms with Crippen LogP contribution in [0.15, 0.2) is 82.4 Å². The van der Waals surface area contributed by atoms with Crippen molar-refractivity contribution in [2.45, 2.75) is 13.5 Å². The van der Waals surface area contributed by atoms with E-state index in [4.69, 9.17) is 0 Å². The summed E-state index contributed by atoms with van der Waals surface area (Å²) in [5.41, 5.74) is 3.43. The molecule has 0 atom stereocenters. The zero-order chi connectivity index (χ0) is 21.7. The Morgan fingerprint density at radius 3 is 2.29 bits per heavy atom. The zero-order valence-corrected chi connectivity index (χ0v) is 17.2. The number of aryl methyl sites for hydroxylation is 2. The minimum absolute atomic E-state index is 0.218. The van der Waals surface area contributed by atoms with E-state index in [2.05, 4.69) is 0 Å². The molecule has 5 aromatic rings. The first-order valence-corrected chi connectivity index (χ1v) is 10.00. The van der Waals surface area contributed by atoms with Gasteiger partial charge >= 0.3 is 5.69 Å². The monoisotopic (exact) mass is 413 g/mol. The van der Waals surface area contributed by atoms with Gasteiger partial charge in [0.15, 0.2) is 0 Å². The van der Waals surface area contributed by atoms with Gasteiger partial charge in [-0.15, -0.1) is 0 Å². The van der Waals surface area contributed by atoms with Gasteiger partial charge in [0, 0.05) is 12.4 Å². The van der Waals surface area contributed by atoms with Crippen LogP contribution < -0.4 is 11.2 Å². The number of hydrogen-bond donors (Lipinski definition) is 0. The summed E-state index contributed by atoms with van der Waals surface area (Å²) < 4.78 is 18.1. The van der Waals surface area contributed by atoms with Crippen molar-refractivity contribution in [3.05, 3.63) is 111 Å². The molecule has 2 heterocycles. The molecule has 5 rings (SSSR count). The van der Waals surface area contributed by atoms with Gasteiger partial charge < -0.3 is 4.57 Å². The van der Waals surface area contributed by atoms with Crippen LogP contribution in [0.4, 0.5) is 4.39 Å². The Morgan fingerprint density at radius 2 is 1.58 bits per heavy atom. The van der Waals surface area contributed by atoms with E-state index in [0.717, 1.165) is 22.0 Å². The second-order valence-corrected chi connectivity index (χ2v) is 7.75. The van der Waals surface area contributed by atoms with E-state index < -0.39 is 5.69 Å². The Hall–Kier alpha value is -3.93. The van der Waals surface area contributed by atoms with Crippen LogP contribution in [0.5, 0.6) is 0 Å². The molecular weight excluding hydrogens is 393 g/mol. The number of halogens is 1. The summed E-state index contributed by atoms with van der Waals surface area (Å²) in [6.07, 6.45) is 0. The molecule has 0 radical (unpaired) electrons. The van der Waals surface area contributed by atoms with Gasteiger partial charge in [0.1, 0.15) is 11.3 Å². The third-order valence-corrected chi connectivity index (χ3v) is 5.69. The lowest BCUT2D eigenvalue weighted by Gasteiger charge is -2.13. The van der Waals surface area contributed by atoms with Crippen LogP contribution in [-0.2, 0) is 13.6 Å². The molecule has 0 saturated heterocycles. The molecule has 0 amide bonds. The standard InChI is InChI=1S/C25H20FN3O2/c1-16-8-13-21-20(14-16)22-23(27(21)2)24(30)29(19-6-4-3-5-7-19)25(31)28(22)15-17-9-11-18(26)12-10-17/h3-14H,15H2,1-2H3. The lowest BCUT2D eigenvalue weighted by atomic mass is 10.1. The van der Waals surface area contributed by atoms with Crippen molar-refractivity contribution in [3.8, 4) is 5.69 Å². The Bertz CT molecular complexity index is 1560. The minimum atomic E-state index is -0.429. The number of aromatic nitrogens is 3. The average molecular weight is 413 g/mol. The fraction of sp³-hybridized carbons (Fsp3) is 0.120. The van der Waals surface area contributed by atoms with Crippen LogP contribution in [0.3, 0.4) is 0 Å². The van der Waals surface area contributed by atoms with Gasteiger partial charge in [-0.25, -0.2) is 13.8 Å². The number of para-hydroxylation sites is 1. The third-order valence-electron chi connectivity index (χ3n) is 5.69. The number of nitrogens with zero attached hydrogens (tertiary/aromatic N) is 3. The van der Waals surface area contributed by atoms with E-state index in [0.29, 0.717) is 16.7 Å². The first kappa shape index (κ1) is 19.1. The molecule has 0 aliphatic heterocycles. The maximum Gasteiger partial charge on any atom is 0.336 e. The molecule has 0 bridgehead atoms. The van der Waals surface area contributed by atoms with Crippen LogP contribution in [0.1, 0.15) is 11.1 Å². The fourth-order valence-corrected chi connectivity index (χ4v) is 4.19. The maximum absolute atomic E-state index is 13.7. The average Bonchev–Trinajstić information content (AvgIpc) is 3.05. The minimum Gasteiger partial charge on any atom is -0.338 e. The van der Waals surface area contributed by atoms with Crippen molar-refractivity contribution in [2.24, 2.45) is 7.05 Å². The predicted octanol–water partition coefficient (Wildman–Crippen LogP) is 4.14. The predicted molar refractivity (Wildman–Crippen MR) is 121 cm³/mol. The zero-order valence-electron chi connectivity index (χ0n) is 17.2. The fourth-order valence-electron chi connectivity index (χ4n) is 4.19. The lowest BCUT2D eigenvalue weighted by Crippen LogP contribution is -2.39. The van der Waals surface area contributed by atoms with Gasteiger partial charge in [0.25, 0.3) is 5.56 Å². The maximum atomic E-state index is 13.7. The van der Waals surface area contributed by atoms with Crippen molar-refractivity contribution < 1.29 is 4.39 Å². The number of hydrogen-bond acceptors (Lipinski definition) is 2. The highest BCUT2D eigenvalue weighted by Crippen LogP contribution is 2.27. The highest BCUT2D eigenvalue weighted by molar-refractivity contribution is 6.06. The third kappa shape index (κ3) is 2.99. The smallest absolute Gasteiger partial charge is 0.336 e. The van der Waals surface area contributed by atoms with E-state index in [1.165, 1.54) is 16.7 Å². The Labute approximate surface area is 177 Å². The second-order valence-electron chi connectivity index (χ2n) is 7.75. The van der Waals surface area contributed by atoms with Crippen molar-refractivity contribution in [3.63, 3.8) is 0 Å². The van der Waals surface area contributed by atoms with Crippen molar-refractivity contribution in [2.75, 3.05) is 0 Å². The van der Waals surface area contributed by atoms with Crippen LogP contribution in [-0.4, -0.2) is 13.7 Å². The lowest BCUT2D eigenvalue weighted by molar-refractivity contribution is 0.625. The van der Waals surface area contributed by atoms with Gasteiger partial charge in [-0.1, -0.05) is 42.0 Å². The SMILES string of the molecule is Cc1ccc2c(c1)c1c(c(=O)n(-c3ccccc3)c(=O)n1Cc1ccc(F)cc1)n2C. The molecule has 5 nitrogen and oxygen atoms in total. The molecule has 0 aliphatic carbocycles. The first-order chi connectivity index (χ1) is 15.0. The molecule has 0 fully saturated rings. The van der Waals surface area contributed by atoms with Crippen LogP contribution in [0.25, 0.3) is 27.6 Å². The summed E-state index contributed by atoms with van der Waals surface area (Å²) in [5, 5.41) is 0.842. The van der Waals surface area contributed by atoms with E-state index in [1.807, 2.05) is 42.8 Å². The van der Waals surface area contributed by atoms with E-state index >= 15 is 0 Å². The van der Waals surface area contributed by atoms with Crippen molar-refractivity contribution >= 4 is 21.9 Å². The van der Waals surface area contributed by atoms with Crippen LogP contribution >= 0.6 is 0 Å². The summed E-state index contributed by atoms with van der Waals surface area (Å²) in [6, 6.07) is 20.9. The topological polar surface area (TPSA) is 48.9 Å². The molecule has 0 saturated carbocycles. The van der Waals surface area contributed by atoms with Crippen molar-refractivity contribution in [1.29, 1.82) is 0 Å². The summed E-state index contributed by atoms with van der Waals surface area (Å²) in [4.78, 5) is 27.2. The first-order valence-electron chi connectivity index (χ1n) is 10.00. The van der Waals surface area contributed by atoms with Gasteiger partial charge in [-0.05, 0) is 48.9 Å². The Balaban J connectivity index is 1.94. The molecule has 3 aromatic carbocycles. The summed E-state index contributed by atoms with van der Waals surface area (Å²) >= 11 is 0. The van der Waals surface area contributed by atoms with E-state index in [-0.39, 0.29) is 17.9 Å². The van der Waals surface area contributed by atoms with Gasteiger partial charge in [-0.3, -0.25) is 9.36 Å². The molecule has 0 N–H and O–H groups in total. The highest BCUT2D eigenvalue weighted by Gasteiger charge is 2.21. The molecule has 2 aromatic heterocycles. The second kappa shape index (κ2) is 7.09. The molecule has 31 heavy (non-hydrogen) atoms. The van der Waals surface area contributed by atoms with Crippen molar-refractivity contribution in [1.82, 2.24) is 13.7 Å². The Kier molecular flexibility index (Phi) is 4.36. The van der Waals surface area contributed by atoms with Crippen LogP contribution in [0.2, 0.25) is 0 Å². The van der Waals surface area contributed by atoms with E-state index in [9.17, 15) is 14.0 Å². The van der Waals surface area contributed by atoms with E-state index in [1.54, 1.807) is 41.0 Å². The highest BCUT2D eigenvalue weighted by atomic mass is 19.1. The summed E-state index contributed by atoms with van der Waals surface area (Å²) in [6.45, 7) is 2.20. The number of benzene rings is 3. The van der Waals surface area contributed by atoms with Gasteiger partial charge in [0.05, 0.1) is 23.3 Å². The van der Waals surface area contributed by atoms with Crippen LogP contribution in [0, 0.1) is 12.7 Å². The molecule has 154 valence electrons. The van der Waals surface area contributed by atoms with Gasteiger partial charge in [-0.2, -0.15) is 0 Å².